The number of nitrogens with zero attached hydrogens (tertiary/aromatic N) is 2. The number of aryl methyl sites for hydroxylation is 1. The fraction of sp³-hybridized carbons (Fsp3) is 0.120. The summed E-state index contributed by atoms with van der Waals surface area (Å²) in [7, 11) is 1.43. The smallest absolute Gasteiger partial charge is 0.293 e. The fourth-order valence-corrected chi connectivity index (χ4v) is 3.50. The van der Waals surface area contributed by atoms with Gasteiger partial charge >= 0.3 is 0 Å². The molecular weight excluding hydrogens is 493 g/mol. The number of hydrogen-bond acceptors (Lipinski definition) is 6. The number of amides is 1. The second-order valence-corrected chi connectivity index (χ2v) is 8.19. The number of halogens is 2. The summed E-state index contributed by atoms with van der Waals surface area (Å²) in [5, 5.41) is 24.1. The molecule has 178 valence electrons. The van der Waals surface area contributed by atoms with E-state index in [-0.39, 0.29) is 28.6 Å². The minimum Gasteiger partial charge on any atom is -0.493 e. The molecule has 1 N–H and O–H groups in total. The number of anilines is 1. The summed E-state index contributed by atoms with van der Waals surface area (Å²) < 4.78 is 11.2. The number of nitro benzene ring substituents is 1. The van der Waals surface area contributed by atoms with Crippen LogP contribution in [0.3, 0.4) is 0 Å². The summed E-state index contributed by atoms with van der Waals surface area (Å²) in [6, 6.07) is 16.4. The van der Waals surface area contributed by atoms with E-state index in [1.54, 1.807) is 37.3 Å². The van der Waals surface area contributed by atoms with E-state index >= 15 is 0 Å². The maximum atomic E-state index is 12.7. The van der Waals surface area contributed by atoms with E-state index in [1.807, 2.05) is 12.1 Å². The van der Waals surface area contributed by atoms with Gasteiger partial charge in [0.15, 0.2) is 11.5 Å². The first-order chi connectivity index (χ1) is 16.7. The topological polar surface area (TPSA) is 114 Å². The Hall–Kier alpha value is -4.06. The largest absolute Gasteiger partial charge is 0.493 e. The minimum absolute atomic E-state index is 0.0201. The summed E-state index contributed by atoms with van der Waals surface area (Å²) in [6.07, 6.45) is 1.30. The molecule has 0 aromatic heterocycles. The maximum absolute atomic E-state index is 12.7. The zero-order valence-corrected chi connectivity index (χ0v) is 20.2. The average molecular weight is 512 g/mol. The number of nitriles is 1. The van der Waals surface area contributed by atoms with Gasteiger partial charge in [-0.25, -0.2) is 0 Å². The van der Waals surface area contributed by atoms with Crippen LogP contribution >= 0.6 is 23.2 Å². The van der Waals surface area contributed by atoms with Gasteiger partial charge < -0.3 is 14.8 Å². The summed E-state index contributed by atoms with van der Waals surface area (Å²) in [5.41, 5.74) is 1.34. The van der Waals surface area contributed by atoms with Crippen molar-refractivity contribution in [2.45, 2.75) is 13.5 Å². The van der Waals surface area contributed by atoms with E-state index in [9.17, 15) is 20.2 Å². The highest BCUT2D eigenvalue weighted by atomic mass is 35.5. The normalized spacial score (nSPS) is 10.9. The average Bonchev–Trinajstić information content (AvgIpc) is 2.83. The van der Waals surface area contributed by atoms with Crippen LogP contribution in [-0.2, 0) is 11.4 Å². The third kappa shape index (κ3) is 6.51. The quantitative estimate of drug-likeness (QED) is 0.163. The third-order valence-electron chi connectivity index (χ3n) is 4.82. The van der Waals surface area contributed by atoms with Crippen molar-refractivity contribution in [3.8, 4) is 17.6 Å². The lowest BCUT2D eigenvalue weighted by atomic mass is 10.1. The number of carbonyl (C=O) groups is 1. The Morgan fingerprint density at radius 2 is 1.89 bits per heavy atom. The molecular formula is C25H19Cl2N3O5. The van der Waals surface area contributed by atoms with Crippen molar-refractivity contribution in [2.24, 2.45) is 0 Å². The zero-order valence-electron chi connectivity index (χ0n) is 18.7. The van der Waals surface area contributed by atoms with Gasteiger partial charge in [-0.2, -0.15) is 5.26 Å². The predicted molar refractivity (Wildman–Crippen MR) is 134 cm³/mol. The number of ether oxygens (including phenoxy) is 2. The fourth-order valence-electron chi connectivity index (χ4n) is 3.10. The molecule has 35 heavy (non-hydrogen) atoms. The number of nitro groups is 1. The van der Waals surface area contributed by atoms with Gasteiger partial charge in [-0.05, 0) is 60.0 Å². The van der Waals surface area contributed by atoms with Crippen molar-refractivity contribution in [3.05, 3.63) is 97.0 Å². The van der Waals surface area contributed by atoms with Gasteiger partial charge in [-0.1, -0.05) is 41.4 Å². The van der Waals surface area contributed by atoms with E-state index in [2.05, 4.69) is 5.32 Å². The number of methoxy groups -OCH3 is 1. The molecule has 8 nitrogen and oxygen atoms in total. The first-order valence-corrected chi connectivity index (χ1v) is 10.9. The lowest BCUT2D eigenvalue weighted by molar-refractivity contribution is -0.384. The lowest BCUT2D eigenvalue weighted by Crippen LogP contribution is -2.14. The SMILES string of the molecule is COc1cc(/C=C(\C#N)C(=O)Nc2ccc(C)cc2[N+](=O)[O-])cc(Cl)c1OCc1ccc(Cl)cc1. The highest BCUT2D eigenvalue weighted by molar-refractivity contribution is 6.32. The molecule has 0 bridgehead atoms. The van der Waals surface area contributed by atoms with E-state index in [0.29, 0.717) is 27.6 Å². The van der Waals surface area contributed by atoms with Gasteiger partial charge in [-0.3, -0.25) is 14.9 Å². The van der Waals surface area contributed by atoms with Crippen molar-refractivity contribution in [3.63, 3.8) is 0 Å². The van der Waals surface area contributed by atoms with E-state index in [0.717, 1.165) is 5.56 Å². The van der Waals surface area contributed by atoms with Gasteiger partial charge in [0.05, 0.1) is 17.1 Å². The third-order valence-corrected chi connectivity index (χ3v) is 5.36. The van der Waals surface area contributed by atoms with Crippen LogP contribution < -0.4 is 14.8 Å². The molecule has 0 radical (unpaired) electrons. The predicted octanol–water partition coefficient (Wildman–Crippen LogP) is 6.34. The lowest BCUT2D eigenvalue weighted by Gasteiger charge is -2.14. The van der Waals surface area contributed by atoms with Crippen LogP contribution in [0.4, 0.5) is 11.4 Å². The van der Waals surface area contributed by atoms with Crippen LogP contribution in [0, 0.1) is 28.4 Å². The first-order valence-electron chi connectivity index (χ1n) is 10.1. The number of nitrogens with one attached hydrogen (secondary N) is 1. The summed E-state index contributed by atoms with van der Waals surface area (Å²) in [4.78, 5) is 23.4. The number of hydrogen-bond donors (Lipinski definition) is 1. The molecule has 3 aromatic rings. The van der Waals surface area contributed by atoms with Crippen LogP contribution in [0.25, 0.3) is 6.08 Å². The first kappa shape index (κ1) is 25.6. The molecule has 0 aliphatic rings. The van der Waals surface area contributed by atoms with Crippen LogP contribution in [0.1, 0.15) is 16.7 Å². The molecule has 0 heterocycles. The Balaban J connectivity index is 1.84. The minimum atomic E-state index is -0.808. The van der Waals surface area contributed by atoms with E-state index in [1.165, 1.54) is 31.4 Å². The molecule has 0 unspecified atom stereocenters. The Morgan fingerprint density at radius 3 is 2.51 bits per heavy atom. The van der Waals surface area contributed by atoms with Crippen molar-refractivity contribution in [1.29, 1.82) is 5.26 Å². The van der Waals surface area contributed by atoms with Crippen LogP contribution in [0.2, 0.25) is 10.0 Å². The van der Waals surface area contributed by atoms with Gasteiger partial charge in [0.25, 0.3) is 11.6 Å². The van der Waals surface area contributed by atoms with Crippen LogP contribution in [0.5, 0.6) is 11.5 Å². The Labute approximate surface area is 211 Å². The summed E-state index contributed by atoms with van der Waals surface area (Å²) in [5.74, 6) is -0.221. The highest BCUT2D eigenvalue weighted by Crippen LogP contribution is 2.37. The number of carbonyl (C=O) groups excluding carboxylic acids is 1. The number of rotatable bonds is 8. The Morgan fingerprint density at radius 1 is 1.17 bits per heavy atom. The van der Waals surface area contributed by atoms with E-state index < -0.39 is 10.8 Å². The molecule has 10 heteroatoms. The standard InChI is InChI=1S/C25H19Cl2N3O5/c1-15-3-8-21(22(9-15)30(32)33)29-25(31)18(13-28)10-17-11-20(27)24(23(12-17)34-2)35-14-16-4-6-19(26)7-5-16/h3-12H,14H2,1-2H3,(H,29,31)/b18-10+. The van der Waals surface area contributed by atoms with Gasteiger partial charge in [-0.15, -0.1) is 0 Å². The molecule has 0 aliphatic heterocycles. The molecule has 3 aromatic carbocycles. The number of benzene rings is 3. The molecule has 0 saturated carbocycles. The van der Waals surface area contributed by atoms with Crippen LogP contribution in [-0.4, -0.2) is 17.9 Å². The van der Waals surface area contributed by atoms with Crippen molar-refractivity contribution < 1.29 is 19.2 Å². The molecule has 0 saturated heterocycles. The van der Waals surface area contributed by atoms with Crippen molar-refractivity contribution >= 4 is 46.6 Å². The second-order valence-electron chi connectivity index (χ2n) is 7.35. The monoisotopic (exact) mass is 511 g/mol. The molecule has 0 spiro atoms. The summed E-state index contributed by atoms with van der Waals surface area (Å²) in [6.45, 7) is 1.91. The van der Waals surface area contributed by atoms with Gasteiger partial charge in [0.2, 0.25) is 0 Å². The maximum Gasteiger partial charge on any atom is 0.293 e. The highest BCUT2D eigenvalue weighted by Gasteiger charge is 2.19. The van der Waals surface area contributed by atoms with Gasteiger partial charge in [0.1, 0.15) is 23.9 Å². The Kier molecular flexibility index (Phi) is 8.31. The van der Waals surface area contributed by atoms with Gasteiger partial charge in [0, 0.05) is 11.1 Å². The van der Waals surface area contributed by atoms with Crippen LogP contribution in [0.15, 0.2) is 60.2 Å². The zero-order chi connectivity index (χ0) is 25.5. The molecule has 0 aliphatic carbocycles. The molecule has 0 fully saturated rings. The Bertz CT molecular complexity index is 1350. The summed E-state index contributed by atoms with van der Waals surface area (Å²) >= 11 is 12.3. The molecule has 1 amide bonds. The van der Waals surface area contributed by atoms with Crippen molar-refractivity contribution in [2.75, 3.05) is 12.4 Å². The second kappa shape index (κ2) is 11.4. The molecule has 3 rings (SSSR count). The van der Waals surface area contributed by atoms with E-state index in [4.69, 9.17) is 32.7 Å². The van der Waals surface area contributed by atoms with Crippen molar-refractivity contribution in [1.82, 2.24) is 0 Å². The molecule has 0 atom stereocenters.